The average molecular weight is 404 g/mol. The Bertz CT molecular complexity index is 820. The fourth-order valence-electron chi connectivity index (χ4n) is 3.89. The van der Waals surface area contributed by atoms with Crippen LogP contribution in [0, 0.1) is 0 Å². The maximum Gasteiger partial charge on any atom is 0.409 e. The van der Waals surface area contributed by atoms with Crippen molar-refractivity contribution in [2.75, 3.05) is 26.8 Å². The topological polar surface area (TPSA) is 88.4 Å². The molecule has 28 heavy (non-hydrogen) atoms. The second-order valence-electron chi connectivity index (χ2n) is 7.45. The third kappa shape index (κ3) is 3.18. The van der Waals surface area contributed by atoms with Gasteiger partial charge in [0.15, 0.2) is 5.72 Å². The molecule has 0 spiro atoms. The van der Waals surface area contributed by atoms with Crippen molar-refractivity contribution < 1.29 is 24.2 Å². The first-order valence-corrected chi connectivity index (χ1v) is 10.4. The van der Waals surface area contributed by atoms with Crippen molar-refractivity contribution in [2.45, 2.75) is 42.6 Å². The van der Waals surface area contributed by atoms with Gasteiger partial charge in [0.25, 0.3) is 0 Å². The lowest BCUT2D eigenvalue weighted by Crippen LogP contribution is -2.53. The lowest BCUT2D eigenvalue weighted by Gasteiger charge is -2.37. The number of thioether (sulfide) groups is 1. The molecule has 8 heteroatoms. The first-order valence-electron chi connectivity index (χ1n) is 9.52. The number of hydrogen-bond acceptors (Lipinski definition) is 7. The maximum absolute atomic E-state index is 12.1. The van der Waals surface area contributed by atoms with Crippen molar-refractivity contribution >= 4 is 28.9 Å². The van der Waals surface area contributed by atoms with E-state index in [0.717, 1.165) is 23.4 Å². The number of rotatable bonds is 4. The molecule has 3 aliphatic rings. The Morgan fingerprint density at radius 3 is 2.61 bits per heavy atom. The molecule has 1 aromatic carbocycles. The van der Waals surface area contributed by atoms with Gasteiger partial charge in [0, 0.05) is 24.9 Å². The van der Waals surface area contributed by atoms with Gasteiger partial charge in [-0.3, -0.25) is 0 Å². The largest absolute Gasteiger partial charge is 0.465 e. The number of fused-ring (bicyclic) bond motifs is 1. The second-order valence-corrected chi connectivity index (χ2v) is 8.64. The zero-order valence-electron chi connectivity index (χ0n) is 16.0. The Hall–Kier alpha value is -2.06. The van der Waals surface area contributed by atoms with Crippen molar-refractivity contribution in [1.29, 1.82) is 0 Å². The van der Waals surface area contributed by atoms with Crippen LogP contribution in [0.2, 0.25) is 0 Å². The first kappa shape index (κ1) is 19.3. The molecule has 1 aromatic rings. The van der Waals surface area contributed by atoms with Crippen LogP contribution < -0.4 is 0 Å². The van der Waals surface area contributed by atoms with Gasteiger partial charge in [-0.05, 0) is 37.5 Å². The highest BCUT2D eigenvalue weighted by Crippen LogP contribution is 2.56. The molecule has 2 fully saturated rings. The summed E-state index contributed by atoms with van der Waals surface area (Å²) in [5.41, 5.74) is 0.280. The highest BCUT2D eigenvalue weighted by Gasteiger charge is 2.57. The number of aliphatic imine (C=N–C) groups is 1. The monoisotopic (exact) mass is 404 g/mol. The normalized spacial score (nSPS) is 27.6. The van der Waals surface area contributed by atoms with Crippen molar-refractivity contribution in [3.8, 4) is 0 Å². The van der Waals surface area contributed by atoms with E-state index in [4.69, 9.17) is 14.5 Å². The molecule has 4 rings (SSSR count). The first-order chi connectivity index (χ1) is 13.4. The van der Waals surface area contributed by atoms with Crippen LogP contribution >= 0.6 is 11.8 Å². The second kappa shape index (κ2) is 7.08. The molecule has 0 aromatic heterocycles. The average Bonchev–Trinajstić information content (AvgIpc) is 3.43. The van der Waals surface area contributed by atoms with E-state index in [1.165, 1.54) is 7.11 Å². The molecule has 1 aliphatic carbocycles. The fourth-order valence-corrected chi connectivity index (χ4v) is 5.53. The molecule has 1 saturated carbocycles. The van der Waals surface area contributed by atoms with Gasteiger partial charge in [0.2, 0.25) is 0 Å². The number of carbonyl (C=O) groups excluding carboxylic acids is 2. The van der Waals surface area contributed by atoms with Crippen molar-refractivity contribution in [3.05, 3.63) is 35.4 Å². The summed E-state index contributed by atoms with van der Waals surface area (Å²) in [6.07, 6.45) is 1.99. The highest BCUT2D eigenvalue weighted by atomic mass is 32.2. The van der Waals surface area contributed by atoms with Crippen molar-refractivity contribution in [3.63, 3.8) is 0 Å². The summed E-state index contributed by atoms with van der Waals surface area (Å²) < 4.78 is 9.86. The fraction of sp³-hybridized carbons (Fsp3) is 0.550. The number of esters is 1. The van der Waals surface area contributed by atoms with Gasteiger partial charge >= 0.3 is 12.1 Å². The van der Waals surface area contributed by atoms with Crippen LogP contribution in [-0.4, -0.2) is 64.9 Å². The Labute approximate surface area is 168 Å². The molecule has 1 N–H and O–H groups in total. The van der Waals surface area contributed by atoms with Crippen LogP contribution in [0.4, 0.5) is 4.79 Å². The zero-order chi connectivity index (χ0) is 19.9. The van der Waals surface area contributed by atoms with Crippen LogP contribution in [0.5, 0.6) is 0 Å². The van der Waals surface area contributed by atoms with Gasteiger partial charge in [-0.1, -0.05) is 23.9 Å². The molecule has 0 bridgehead atoms. The highest BCUT2D eigenvalue weighted by molar-refractivity contribution is 8.15. The van der Waals surface area contributed by atoms with E-state index >= 15 is 0 Å². The van der Waals surface area contributed by atoms with Gasteiger partial charge in [-0.25, -0.2) is 14.6 Å². The standard InChI is InChI=1S/C20H24N2O5S/c1-3-27-18(24)22-11-10-20(25)15(12-22)28-17(21-20)19(8-9-19)14-6-4-13(5-7-14)16(23)26-2/h4-7,15,25H,3,8-12H2,1-2H3. The number of amides is 1. The number of carbonyl (C=O) groups is 2. The Morgan fingerprint density at radius 2 is 2.00 bits per heavy atom. The number of piperidine rings is 1. The molecule has 150 valence electrons. The van der Waals surface area contributed by atoms with E-state index in [1.807, 2.05) is 12.1 Å². The van der Waals surface area contributed by atoms with Crippen molar-refractivity contribution in [2.24, 2.45) is 4.99 Å². The van der Waals surface area contributed by atoms with E-state index in [-0.39, 0.29) is 22.7 Å². The molecule has 2 heterocycles. The van der Waals surface area contributed by atoms with Gasteiger partial charge in [0.05, 0.1) is 29.6 Å². The number of aliphatic hydroxyl groups is 1. The van der Waals surface area contributed by atoms with Crippen LogP contribution in [0.25, 0.3) is 0 Å². The number of likely N-dealkylation sites (tertiary alicyclic amines) is 1. The smallest absolute Gasteiger partial charge is 0.409 e. The molecule has 0 radical (unpaired) electrons. The lowest BCUT2D eigenvalue weighted by atomic mass is 9.95. The Kier molecular flexibility index (Phi) is 4.87. The molecule has 2 aliphatic heterocycles. The van der Waals surface area contributed by atoms with E-state index < -0.39 is 5.72 Å². The van der Waals surface area contributed by atoms with Crippen molar-refractivity contribution in [1.82, 2.24) is 4.90 Å². The number of hydrogen-bond donors (Lipinski definition) is 1. The number of benzene rings is 1. The number of methoxy groups -OCH3 is 1. The van der Waals surface area contributed by atoms with Gasteiger partial charge in [0.1, 0.15) is 0 Å². The predicted molar refractivity (Wildman–Crippen MR) is 106 cm³/mol. The van der Waals surface area contributed by atoms with E-state index in [9.17, 15) is 14.7 Å². The molecular formula is C20H24N2O5S. The minimum absolute atomic E-state index is 0.188. The Morgan fingerprint density at radius 1 is 1.29 bits per heavy atom. The number of ether oxygens (including phenoxy) is 2. The van der Waals surface area contributed by atoms with E-state index in [2.05, 4.69) is 0 Å². The quantitative estimate of drug-likeness (QED) is 0.776. The summed E-state index contributed by atoms with van der Waals surface area (Å²) in [4.78, 5) is 30.1. The molecule has 1 saturated heterocycles. The third-order valence-corrected chi connectivity index (χ3v) is 7.26. The third-order valence-electron chi connectivity index (χ3n) is 5.74. The summed E-state index contributed by atoms with van der Waals surface area (Å²) in [6.45, 7) is 2.98. The van der Waals surface area contributed by atoms with Crippen LogP contribution in [0.15, 0.2) is 29.3 Å². The Balaban J connectivity index is 1.52. The van der Waals surface area contributed by atoms with Gasteiger partial charge < -0.3 is 19.5 Å². The van der Waals surface area contributed by atoms with Gasteiger partial charge in [-0.15, -0.1) is 0 Å². The van der Waals surface area contributed by atoms with Crippen LogP contribution in [-0.2, 0) is 14.9 Å². The van der Waals surface area contributed by atoms with Crippen LogP contribution in [0.3, 0.4) is 0 Å². The van der Waals surface area contributed by atoms with E-state index in [0.29, 0.717) is 31.7 Å². The SMILES string of the molecule is CCOC(=O)N1CCC2(O)N=C(C3(c4ccc(C(=O)OC)cc4)CC3)SC2C1. The minimum Gasteiger partial charge on any atom is -0.465 e. The van der Waals surface area contributed by atoms with E-state index in [1.54, 1.807) is 35.7 Å². The predicted octanol–water partition coefficient (Wildman–Crippen LogP) is 2.57. The molecular weight excluding hydrogens is 380 g/mol. The van der Waals surface area contributed by atoms with Gasteiger partial charge in [-0.2, -0.15) is 0 Å². The summed E-state index contributed by atoms with van der Waals surface area (Å²) >= 11 is 1.57. The summed E-state index contributed by atoms with van der Waals surface area (Å²) in [7, 11) is 1.37. The summed E-state index contributed by atoms with van der Waals surface area (Å²) in [6, 6.07) is 7.43. The lowest BCUT2D eigenvalue weighted by molar-refractivity contribution is -0.00408. The molecule has 1 amide bonds. The maximum atomic E-state index is 12.1. The summed E-state index contributed by atoms with van der Waals surface area (Å²) in [5.74, 6) is -0.358. The minimum atomic E-state index is -1.13. The molecule has 7 nitrogen and oxygen atoms in total. The van der Waals surface area contributed by atoms with Crippen LogP contribution in [0.1, 0.15) is 42.1 Å². The molecule has 2 atom stereocenters. The molecule has 2 unspecified atom stereocenters. The zero-order valence-corrected chi connectivity index (χ0v) is 16.8. The summed E-state index contributed by atoms with van der Waals surface area (Å²) in [5, 5.41) is 11.8. The number of nitrogens with zero attached hydrogens (tertiary/aromatic N) is 2.